The van der Waals surface area contributed by atoms with E-state index in [2.05, 4.69) is 6.92 Å². The van der Waals surface area contributed by atoms with Gasteiger partial charge < -0.3 is 5.11 Å². The lowest BCUT2D eigenvalue weighted by Crippen LogP contribution is -1.84. The lowest BCUT2D eigenvalue weighted by molar-refractivity contribution is 0.467. The van der Waals surface area contributed by atoms with Crippen molar-refractivity contribution in [1.82, 2.24) is 0 Å². The number of rotatable bonds is 2. The van der Waals surface area contributed by atoms with Crippen LogP contribution < -0.4 is 0 Å². The number of hydrogen-bond acceptors (Lipinski definition) is 1. The zero-order valence-corrected chi connectivity index (χ0v) is 7.23. The number of benzene rings is 1. The maximum Gasteiger partial charge on any atom is 0.120 e. The molecule has 1 nitrogen and oxygen atoms in total. The lowest BCUT2D eigenvalue weighted by atomic mass is 10.1. The van der Waals surface area contributed by atoms with Gasteiger partial charge in [0.05, 0.1) is 0 Å². The molecular formula is C9H11ClO. The molecule has 1 aromatic carbocycles. The Balaban J connectivity index is 3.00. The van der Waals surface area contributed by atoms with Crippen molar-refractivity contribution in [1.29, 1.82) is 0 Å². The molecule has 1 aromatic rings. The summed E-state index contributed by atoms with van der Waals surface area (Å²) in [6.45, 7) is 2.06. The summed E-state index contributed by atoms with van der Waals surface area (Å²) < 4.78 is 0. The fourth-order valence-electron chi connectivity index (χ4n) is 1.04. The Kier molecular flexibility index (Phi) is 2.77. The number of phenolic OH excluding ortho intramolecular Hbond substituents is 1. The van der Waals surface area contributed by atoms with E-state index in [0.29, 0.717) is 10.8 Å². The molecule has 1 rings (SSSR count). The summed E-state index contributed by atoms with van der Waals surface area (Å²) in [6, 6.07) is 5.21. The standard InChI is InChI=1S/C9H11ClO/c1-2-4-7-8(10)5-3-6-9(7)11/h3,5-6,11H,2,4H2,1H3. The van der Waals surface area contributed by atoms with Crippen LogP contribution in [0.4, 0.5) is 0 Å². The third-order valence-electron chi connectivity index (χ3n) is 1.59. The summed E-state index contributed by atoms with van der Waals surface area (Å²) in [5, 5.41) is 10.00. The van der Waals surface area contributed by atoms with Crippen molar-refractivity contribution in [2.75, 3.05) is 0 Å². The largest absolute Gasteiger partial charge is 0.508 e. The van der Waals surface area contributed by atoms with Crippen LogP contribution >= 0.6 is 11.6 Å². The Hall–Kier alpha value is -0.690. The highest BCUT2D eigenvalue weighted by Gasteiger charge is 2.03. The molecule has 0 aromatic heterocycles. The number of halogens is 1. The van der Waals surface area contributed by atoms with E-state index in [1.165, 1.54) is 0 Å². The van der Waals surface area contributed by atoms with Gasteiger partial charge in [-0.05, 0) is 18.6 Å². The molecule has 0 aliphatic carbocycles. The van der Waals surface area contributed by atoms with Gasteiger partial charge in [-0.3, -0.25) is 0 Å². The van der Waals surface area contributed by atoms with Gasteiger partial charge in [0.15, 0.2) is 0 Å². The highest BCUT2D eigenvalue weighted by molar-refractivity contribution is 6.31. The van der Waals surface area contributed by atoms with Crippen LogP contribution in [-0.2, 0) is 6.42 Å². The monoisotopic (exact) mass is 170 g/mol. The van der Waals surface area contributed by atoms with Crippen molar-refractivity contribution in [3.63, 3.8) is 0 Å². The summed E-state index contributed by atoms with van der Waals surface area (Å²) in [4.78, 5) is 0. The normalized spacial score (nSPS) is 10.0. The Morgan fingerprint density at radius 2 is 2.18 bits per heavy atom. The molecular weight excluding hydrogens is 160 g/mol. The van der Waals surface area contributed by atoms with Gasteiger partial charge in [-0.2, -0.15) is 0 Å². The molecule has 0 atom stereocenters. The quantitative estimate of drug-likeness (QED) is 0.724. The summed E-state index contributed by atoms with van der Waals surface area (Å²) in [5.74, 6) is 0.305. The average molecular weight is 171 g/mol. The van der Waals surface area contributed by atoms with E-state index >= 15 is 0 Å². The molecule has 11 heavy (non-hydrogen) atoms. The molecule has 0 spiro atoms. The maximum absolute atomic E-state index is 9.34. The maximum atomic E-state index is 9.34. The van der Waals surface area contributed by atoms with Gasteiger partial charge in [0.2, 0.25) is 0 Å². The zero-order chi connectivity index (χ0) is 8.27. The van der Waals surface area contributed by atoms with Crippen LogP contribution in [0, 0.1) is 0 Å². The van der Waals surface area contributed by atoms with Crippen molar-refractivity contribution >= 4 is 11.6 Å². The number of aromatic hydroxyl groups is 1. The summed E-state index contributed by atoms with van der Waals surface area (Å²) in [6.07, 6.45) is 1.84. The molecule has 2 heteroatoms. The summed E-state index contributed by atoms with van der Waals surface area (Å²) in [7, 11) is 0. The first-order chi connectivity index (χ1) is 5.25. The first kappa shape index (κ1) is 8.41. The zero-order valence-electron chi connectivity index (χ0n) is 6.47. The van der Waals surface area contributed by atoms with Crippen molar-refractivity contribution in [2.24, 2.45) is 0 Å². The molecule has 0 aliphatic heterocycles. The van der Waals surface area contributed by atoms with Crippen LogP contribution in [-0.4, -0.2) is 5.11 Å². The SMILES string of the molecule is CCCc1c(O)cccc1Cl. The van der Waals surface area contributed by atoms with E-state index in [4.69, 9.17) is 11.6 Å². The van der Waals surface area contributed by atoms with Crippen molar-refractivity contribution in [2.45, 2.75) is 19.8 Å². The second kappa shape index (κ2) is 3.63. The van der Waals surface area contributed by atoms with Gasteiger partial charge in [0, 0.05) is 10.6 Å². The Bertz CT molecular complexity index is 225. The van der Waals surface area contributed by atoms with E-state index in [0.717, 1.165) is 18.4 Å². The van der Waals surface area contributed by atoms with Gasteiger partial charge in [0.1, 0.15) is 5.75 Å². The summed E-state index contributed by atoms with van der Waals surface area (Å²) in [5.41, 5.74) is 0.858. The molecule has 1 N–H and O–H groups in total. The van der Waals surface area contributed by atoms with Crippen LogP contribution in [0.2, 0.25) is 5.02 Å². The minimum atomic E-state index is 0.305. The molecule has 0 heterocycles. The smallest absolute Gasteiger partial charge is 0.120 e. The lowest BCUT2D eigenvalue weighted by Gasteiger charge is -2.03. The van der Waals surface area contributed by atoms with E-state index < -0.39 is 0 Å². The molecule has 0 bridgehead atoms. The fourth-order valence-corrected chi connectivity index (χ4v) is 1.31. The van der Waals surface area contributed by atoms with Gasteiger partial charge in [0.25, 0.3) is 0 Å². The number of phenols is 1. The van der Waals surface area contributed by atoms with Crippen molar-refractivity contribution in [3.8, 4) is 5.75 Å². The number of hydrogen-bond donors (Lipinski definition) is 1. The highest BCUT2D eigenvalue weighted by Crippen LogP contribution is 2.25. The van der Waals surface area contributed by atoms with Crippen molar-refractivity contribution in [3.05, 3.63) is 28.8 Å². The van der Waals surface area contributed by atoms with Gasteiger partial charge >= 0.3 is 0 Å². The van der Waals surface area contributed by atoms with Crippen LogP contribution in [0.3, 0.4) is 0 Å². The van der Waals surface area contributed by atoms with Gasteiger partial charge in [-0.15, -0.1) is 0 Å². The third-order valence-corrected chi connectivity index (χ3v) is 1.95. The van der Waals surface area contributed by atoms with Gasteiger partial charge in [-0.1, -0.05) is 31.0 Å². The second-order valence-corrected chi connectivity index (χ2v) is 2.89. The van der Waals surface area contributed by atoms with E-state index in [-0.39, 0.29) is 0 Å². The fraction of sp³-hybridized carbons (Fsp3) is 0.333. The first-order valence-corrected chi connectivity index (χ1v) is 4.10. The molecule has 0 saturated carbocycles. The molecule has 0 fully saturated rings. The molecule has 0 unspecified atom stereocenters. The van der Waals surface area contributed by atoms with Crippen LogP contribution in [0.5, 0.6) is 5.75 Å². The molecule has 0 amide bonds. The molecule has 0 aliphatic rings. The Morgan fingerprint density at radius 3 is 2.73 bits per heavy atom. The topological polar surface area (TPSA) is 20.2 Å². The van der Waals surface area contributed by atoms with E-state index in [1.807, 2.05) is 0 Å². The predicted molar refractivity (Wildman–Crippen MR) is 47.1 cm³/mol. The highest BCUT2D eigenvalue weighted by atomic mass is 35.5. The molecule has 0 saturated heterocycles. The van der Waals surface area contributed by atoms with Crippen molar-refractivity contribution < 1.29 is 5.11 Å². The Labute approximate surface area is 71.6 Å². The third kappa shape index (κ3) is 1.87. The van der Waals surface area contributed by atoms with E-state index in [9.17, 15) is 5.11 Å². The summed E-state index contributed by atoms with van der Waals surface area (Å²) >= 11 is 5.85. The minimum absolute atomic E-state index is 0.305. The van der Waals surface area contributed by atoms with Crippen LogP contribution in [0.15, 0.2) is 18.2 Å². The molecule has 0 radical (unpaired) electrons. The Morgan fingerprint density at radius 1 is 1.45 bits per heavy atom. The minimum Gasteiger partial charge on any atom is -0.508 e. The van der Waals surface area contributed by atoms with Gasteiger partial charge in [-0.25, -0.2) is 0 Å². The predicted octanol–water partition coefficient (Wildman–Crippen LogP) is 3.00. The van der Waals surface area contributed by atoms with E-state index in [1.54, 1.807) is 18.2 Å². The molecule has 60 valence electrons. The van der Waals surface area contributed by atoms with Crippen LogP contribution in [0.1, 0.15) is 18.9 Å². The average Bonchev–Trinajstić information content (AvgIpc) is 1.97. The second-order valence-electron chi connectivity index (χ2n) is 2.49. The van der Waals surface area contributed by atoms with Crippen LogP contribution in [0.25, 0.3) is 0 Å². The first-order valence-electron chi connectivity index (χ1n) is 3.72.